The summed E-state index contributed by atoms with van der Waals surface area (Å²) in [7, 11) is 0. The zero-order valence-electron chi connectivity index (χ0n) is 55.3. The lowest BCUT2D eigenvalue weighted by Gasteiger charge is -2.34. The van der Waals surface area contributed by atoms with E-state index in [-0.39, 0.29) is 11.8 Å². The van der Waals surface area contributed by atoms with Gasteiger partial charge >= 0.3 is 0 Å². The van der Waals surface area contributed by atoms with Crippen molar-refractivity contribution in [2.45, 2.75) is 11.8 Å². The van der Waals surface area contributed by atoms with Gasteiger partial charge in [0.25, 0.3) is 0 Å². The van der Waals surface area contributed by atoms with E-state index in [1.807, 2.05) is 0 Å². The summed E-state index contributed by atoms with van der Waals surface area (Å²) in [4.78, 5) is 0. The fourth-order valence-electron chi connectivity index (χ4n) is 20.4. The maximum absolute atomic E-state index is 2.57. The topological polar surface area (TPSA) is 0 Å². The maximum Gasteiger partial charge on any atom is 0.0211 e. The highest BCUT2D eigenvalue weighted by Crippen LogP contribution is 2.61. The Morgan fingerprint density at radius 3 is 0.745 bits per heavy atom. The van der Waals surface area contributed by atoms with Crippen molar-refractivity contribution in [2.24, 2.45) is 0 Å². The first-order valence-corrected chi connectivity index (χ1v) is 36.1. The predicted molar refractivity (Wildman–Crippen MR) is 438 cm³/mol. The van der Waals surface area contributed by atoms with Gasteiger partial charge in [-0.05, 0) is 250 Å². The molecule has 22 aromatic carbocycles. The van der Waals surface area contributed by atoms with E-state index in [2.05, 4.69) is 328 Å². The lowest BCUT2D eigenvalue weighted by molar-refractivity contribution is 0.900. The Labute approximate surface area is 585 Å². The number of benzene rings is 22. The minimum absolute atomic E-state index is 0.0939. The molecule has 22 aromatic rings. The first-order valence-electron chi connectivity index (χ1n) is 36.1. The summed E-state index contributed by atoms with van der Waals surface area (Å²) >= 11 is 0. The molecular weight excluding hydrogens is 1230 g/mol. The van der Waals surface area contributed by atoms with Crippen molar-refractivity contribution in [1.29, 1.82) is 0 Å². The molecule has 3 aliphatic rings. The lowest BCUT2D eigenvalue weighted by atomic mass is 9.69. The van der Waals surface area contributed by atoms with Gasteiger partial charge in [-0.3, -0.25) is 0 Å². The summed E-state index contributed by atoms with van der Waals surface area (Å²) in [5.41, 5.74) is 17.4. The highest BCUT2D eigenvalue weighted by molar-refractivity contribution is 6.36. The first-order chi connectivity index (χ1) is 50.6. The maximum atomic E-state index is 2.57. The van der Waals surface area contributed by atoms with E-state index in [1.165, 1.54) is 250 Å². The Balaban J connectivity index is 1.02. The van der Waals surface area contributed by atoms with Crippen LogP contribution in [0, 0.1) is 0 Å². The molecule has 0 bridgehead atoms. The van der Waals surface area contributed by atoms with Crippen LogP contribution in [-0.4, -0.2) is 0 Å². The molecule has 0 spiro atoms. The van der Waals surface area contributed by atoms with Crippen molar-refractivity contribution < 1.29 is 0 Å². The minimum Gasteiger partial charge on any atom is -0.0763 e. The van der Waals surface area contributed by atoms with Gasteiger partial charge in [-0.15, -0.1) is 0 Å². The second-order valence-corrected chi connectivity index (χ2v) is 29.4. The van der Waals surface area contributed by atoms with Crippen LogP contribution in [0.4, 0.5) is 0 Å². The van der Waals surface area contributed by atoms with Gasteiger partial charge in [0.1, 0.15) is 0 Å². The Kier molecular flexibility index (Phi) is 10.3. The zero-order valence-corrected chi connectivity index (χ0v) is 55.3. The number of rotatable bonds is 6. The molecule has 2 unspecified atom stereocenters. The van der Waals surface area contributed by atoms with Gasteiger partial charge in [0, 0.05) is 11.8 Å². The molecule has 25 rings (SSSR count). The fourth-order valence-corrected chi connectivity index (χ4v) is 20.4. The molecule has 102 heavy (non-hydrogen) atoms. The van der Waals surface area contributed by atoms with Crippen LogP contribution in [0.3, 0.4) is 0 Å². The average Bonchev–Trinajstić information content (AvgIpc) is 0.681. The highest BCUT2D eigenvalue weighted by atomic mass is 14.4. The predicted octanol–water partition coefficient (Wildman–Crippen LogP) is 26.4. The van der Waals surface area contributed by atoms with E-state index in [0.717, 1.165) is 0 Å². The molecule has 0 heterocycles. The second kappa shape index (κ2) is 19.5. The van der Waals surface area contributed by atoms with Crippen molar-refractivity contribution in [3.05, 3.63) is 349 Å². The molecule has 0 amide bonds. The van der Waals surface area contributed by atoms with Crippen LogP contribution in [0.15, 0.2) is 322 Å². The van der Waals surface area contributed by atoms with E-state index in [1.54, 1.807) is 0 Å². The third kappa shape index (κ3) is 6.92. The van der Waals surface area contributed by atoms with Crippen LogP contribution in [0.1, 0.15) is 28.5 Å². The van der Waals surface area contributed by atoms with E-state index in [4.69, 9.17) is 0 Å². The smallest absolute Gasteiger partial charge is 0.0211 e. The van der Waals surface area contributed by atoms with E-state index < -0.39 is 0 Å². The van der Waals surface area contributed by atoms with Crippen LogP contribution in [-0.2, 0) is 0 Å². The summed E-state index contributed by atoms with van der Waals surface area (Å²) in [6, 6.07) is 112. The van der Waals surface area contributed by atoms with Crippen LogP contribution >= 0.6 is 0 Å². The second-order valence-electron chi connectivity index (χ2n) is 29.4. The zero-order chi connectivity index (χ0) is 65.9. The van der Waals surface area contributed by atoms with Gasteiger partial charge in [-0.2, -0.15) is 0 Å². The van der Waals surface area contributed by atoms with Crippen molar-refractivity contribution in [3.8, 4) is 55.6 Å². The number of allylic oxidation sites excluding steroid dienone is 6. The monoisotopic (exact) mass is 1280 g/mol. The van der Waals surface area contributed by atoms with Gasteiger partial charge in [0.2, 0.25) is 0 Å². The van der Waals surface area contributed by atoms with E-state index in [0.29, 0.717) is 0 Å². The first kappa shape index (κ1) is 54.0. The molecule has 0 saturated heterocycles. The molecule has 0 radical (unpaired) electrons. The Morgan fingerprint density at radius 1 is 0.186 bits per heavy atom. The number of hydrogen-bond acceptors (Lipinski definition) is 0. The average molecular weight is 1280 g/mol. The Bertz CT molecular complexity index is 7400. The van der Waals surface area contributed by atoms with Gasteiger partial charge in [0.15, 0.2) is 0 Å². The van der Waals surface area contributed by atoms with Crippen molar-refractivity contribution in [1.82, 2.24) is 0 Å². The summed E-state index contributed by atoms with van der Waals surface area (Å²) < 4.78 is 0. The minimum atomic E-state index is 0.0939. The highest BCUT2D eigenvalue weighted by Gasteiger charge is 2.37. The number of hydrogen-bond donors (Lipinski definition) is 0. The molecule has 0 N–H and O–H groups in total. The van der Waals surface area contributed by atoms with Crippen molar-refractivity contribution in [3.63, 3.8) is 0 Å². The van der Waals surface area contributed by atoms with Crippen LogP contribution in [0.25, 0.3) is 229 Å². The molecular formula is C102H56. The molecule has 0 saturated carbocycles. The third-order valence-corrected chi connectivity index (χ3v) is 24.6. The van der Waals surface area contributed by atoms with Gasteiger partial charge < -0.3 is 0 Å². The summed E-state index contributed by atoms with van der Waals surface area (Å²) in [5, 5.41) is 40.4. The standard InChI is InChI=1S/C102H56/c1-7-55-19-25-67-37-49-79(73-43-31-61(13-1)85(55)91(67)73)97-98(80-50-38-68-26-20-56-8-2-14-62-32-44-74(80)92(68)86(56)62)100(82-52-40-70-28-22-58-10-4-16-64-34-46-76(82)94(70)88(58)64)102(84-54-42-72-30-24-60-12-6-18-66-36-48-78(84)96(72)90(60)66)101(83-53-41-71-29-23-59-11-5-17-65-35-47-77(83)95(71)89(59)65)99(97)81-51-39-69-27-21-57-9-3-15-63-33-45-75(81)93(69)87(57)63/h1-55,67H. The molecule has 464 valence electrons. The van der Waals surface area contributed by atoms with Crippen LogP contribution in [0.5, 0.6) is 0 Å². The summed E-state index contributed by atoms with van der Waals surface area (Å²) in [6.45, 7) is 0. The molecule has 0 fully saturated rings. The third-order valence-electron chi connectivity index (χ3n) is 24.6. The molecule has 3 aliphatic carbocycles. The lowest BCUT2D eigenvalue weighted by Crippen LogP contribution is -2.31. The van der Waals surface area contributed by atoms with E-state index in [9.17, 15) is 0 Å². The van der Waals surface area contributed by atoms with Crippen LogP contribution in [0.2, 0.25) is 0 Å². The summed E-state index contributed by atoms with van der Waals surface area (Å²) in [5.74, 6) is 0.256. The SMILES string of the molecule is C1=CC2C=CC3C=CC(c4c(-c5ccc6ccc7cccc8ccc5c6c78)c(-c5ccc6ccc7cccc8ccc5c6c78)c(-c5ccc6ccc7cccc8ccc5c6c78)c(-c5ccc6ccc7cccc8ccc5c6c78)c4-c4ccc5ccc6cccc7ccc4c5c67)=c4ccc(c2c43)=C1. The van der Waals surface area contributed by atoms with Crippen molar-refractivity contribution in [2.75, 3.05) is 0 Å². The normalized spacial score (nSPS) is 15.2. The molecule has 0 aliphatic heterocycles. The van der Waals surface area contributed by atoms with Gasteiger partial charge in [-0.25, -0.2) is 0 Å². The van der Waals surface area contributed by atoms with Crippen molar-refractivity contribution >= 4 is 173 Å². The summed E-state index contributed by atoms with van der Waals surface area (Å²) in [6.07, 6.45) is 17.1. The van der Waals surface area contributed by atoms with Gasteiger partial charge in [0.05, 0.1) is 0 Å². The fraction of sp³-hybridized carbons (Fsp3) is 0.0196. The quantitative estimate of drug-likeness (QED) is 0.115. The van der Waals surface area contributed by atoms with E-state index >= 15 is 0 Å². The Morgan fingerprint density at radius 2 is 0.441 bits per heavy atom. The molecule has 2 atom stereocenters. The molecule has 0 nitrogen and oxygen atoms in total. The molecule has 0 heteroatoms. The Hall–Kier alpha value is -13.0. The van der Waals surface area contributed by atoms with Gasteiger partial charge in [-0.1, -0.05) is 328 Å². The molecule has 0 aromatic heterocycles. The largest absolute Gasteiger partial charge is 0.0763 e. The van der Waals surface area contributed by atoms with Crippen LogP contribution < -0.4 is 10.4 Å².